The van der Waals surface area contributed by atoms with E-state index in [9.17, 15) is 4.79 Å². The van der Waals surface area contributed by atoms with Crippen molar-refractivity contribution in [3.8, 4) is 5.75 Å². The van der Waals surface area contributed by atoms with E-state index in [4.69, 9.17) is 26.4 Å². The number of carbonyl (C=O) groups is 1. The van der Waals surface area contributed by atoms with Crippen LogP contribution < -0.4 is 10.1 Å². The van der Waals surface area contributed by atoms with E-state index in [0.717, 1.165) is 24.2 Å². The van der Waals surface area contributed by atoms with Crippen molar-refractivity contribution >= 4 is 28.9 Å². The van der Waals surface area contributed by atoms with E-state index in [1.165, 1.54) is 22.7 Å². The fraction of sp³-hybridized carbons (Fsp3) is 0.412. The Bertz CT molecular complexity index is 788. The number of nitrogens with one attached hydrogen (secondary N) is 1. The summed E-state index contributed by atoms with van der Waals surface area (Å²) in [5.74, 6) is 0.180. The molecule has 1 aromatic carbocycles. The van der Waals surface area contributed by atoms with Gasteiger partial charge in [0.1, 0.15) is 5.75 Å². The smallest absolute Gasteiger partial charge is 0.341 e. The lowest BCUT2D eigenvalue weighted by atomic mass is 9.99. The molecule has 1 aromatic heterocycles. The molecule has 0 amide bonds. The first-order chi connectivity index (χ1) is 11.6. The molecule has 2 aliphatic rings. The van der Waals surface area contributed by atoms with E-state index in [-0.39, 0.29) is 12.6 Å². The first-order valence-corrected chi connectivity index (χ1v) is 9.18. The van der Waals surface area contributed by atoms with Crippen LogP contribution in [0.15, 0.2) is 18.2 Å². The maximum atomic E-state index is 10.8. The summed E-state index contributed by atoms with van der Waals surface area (Å²) >= 11 is 7.94. The standard InChI is InChI=1S/C17H17ClN2O3S/c18-10-3-4-13(23-8-14(21)22)11(7-10)15-16-12(5-6-19-15)20-17(24-16)9-1-2-9/h3-4,7,9,15,19H,1-2,5-6,8H2,(H,21,22). The van der Waals surface area contributed by atoms with E-state index in [1.54, 1.807) is 23.5 Å². The van der Waals surface area contributed by atoms with Gasteiger partial charge in [-0.05, 0) is 31.0 Å². The molecular weight excluding hydrogens is 348 g/mol. The minimum atomic E-state index is -0.998. The van der Waals surface area contributed by atoms with Gasteiger partial charge in [-0.3, -0.25) is 0 Å². The van der Waals surface area contributed by atoms with Gasteiger partial charge in [-0.2, -0.15) is 0 Å². The lowest BCUT2D eigenvalue weighted by Crippen LogP contribution is -2.30. The highest BCUT2D eigenvalue weighted by molar-refractivity contribution is 7.12. The number of benzene rings is 1. The Morgan fingerprint density at radius 3 is 3.04 bits per heavy atom. The van der Waals surface area contributed by atoms with Crippen molar-refractivity contribution in [2.75, 3.05) is 13.2 Å². The molecule has 4 rings (SSSR count). The summed E-state index contributed by atoms with van der Waals surface area (Å²) < 4.78 is 5.47. The Balaban J connectivity index is 1.71. The number of hydrogen-bond donors (Lipinski definition) is 2. The van der Waals surface area contributed by atoms with E-state index >= 15 is 0 Å². The maximum absolute atomic E-state index is 10.8. The van der Waals surface area contributed by atoms with Gasteiger partial charge in [0.2, 0.25) is 0 Å². The molecule has 126 valence electrons. The summed E-state index contributed by atoms with van der Waals surface area (Å²) in [5.41, 5.74) is 2.02. The van der Waals surface area contributed by atoms with Crippen LogP contribution in [0.2, 0.25) is 5.02 Å². The predicted octanol–water partition coefficient (Wildman–Crippen LogP) is 3.37. The third-order valence-electron chi connectivity index (χ3n) is 4.28. The van der Waals surface area contributed by atoms with Crippen LogP contribution in [0.5, 0.6) is 5.75 Å². The average Bonchev–Trinajstić information content (AvgIpc) is 3.32. The average molecular weight is 365 g/mol. The lowest BCUT2D eigenvalue weighted by molar-refractivity contribution is -0.139. The quantitative estimate of drug-likeness (QED) is 0.851. The SMILES string of the molecule is O=C(O)COc1ccc(Cl)cc1C1NCCc2nc(C3CC3)sc21. The third kappa shape index (κ3) is 3.14. The normalized spacial score (nSPS) is 19.8. The van der Waals surface area contributed by atoms with Gasteiger partial charge >= 0.3 is 5.97 Å². The minimum Gasteiger partial charge on any atom is -0.482 e. The second kappa shape index (κ2) is 6.35. The van der Waals surface area contributed by atoms with Gasteiger partial charge < -0.3 is 15.2 Å². The molecule has 1 atom stereocenters. The number of carboxylic acids is 1. The molecule has 0 radical (unpaired) electrons. The van der Waals surface area contributed by atoms with Crippen LogP contribution in [0.1, 0.15) is 45.9 Å². The lowest BCUT2D eigenvalue weighted by Gasteiger charge is -2.25. The van der Waals surface area contributed by atoms with Gasteiger partial charge in [0.05, 0.1) is 16.7 Å². The molecule has 1 aliphatic heterocycles. The highest BCUT2D eigenvalue weighted by Gasteiger charge is 2.33. The summed E-state index contributed by atoms with van der Waals surface area (Å²) in [5, 5.41) is 14.2. The Kier molecular flexibility index (Phi) is 4.20. The Hall–Kier alpha value is -1.63. The molecular formula is C17H17ClN2O3S. The van der Waals surface area contributed by atoms with Crippen molar-refractivity contribution in [3.05, 3.63) is 44.4 Å². The van der Waals surface area contributed by atoms with Gasteiger partial charge in [-0.1, -0.05) is 11.6 Å². The van der Waals surface area contributed by atoms with Crippen molar-refractivity contribution in [2.24, 2.45) is 0 Å². The van der Waals surface area contributed by atoms with Crippen molar-refractivity contribution in [1.29, 1.82) is 0 Å². The van der Waals surface area contributed by atoms with Gasteiger partial charge in [0.15, 0.2) is 6.61 Å². The van der Waals surface area contributed by atoms with E-state index in [0.29, 0.717) is 16.7 Å². The molecule has 0 saturated heterocycles. The zero-order valence-corrected chi connectivity index (χ0v) is 14.5. The summed E-state index contributed by atoms with van der Waals surface area (Å²) in [4.78, 5) is 16.9. The van der Waals surface area contributed by atoms with Gasteiger partial charge in [0, 0.05) is 34.3 Å². The number of halogens is 1. The highest BCUT2D eigenvalue weighted by Crippen LogP contribution is 2.46. The van der Waals surface area contributed by atoms with Gasteiger partial charge in [-0.15, -0.1) is 11.3 Å². The summed E-state index contributed by atoms with van der Waals surface area (Å²) in [6.07, 6.45) is 3.38. The van der Waals surface area contributed by atoms with Crippen LogP contribution in [-0.2, 0) is 11.2 Å². The number of fused-ring (bicyclic) bond motifs is 1. The zero-order chi connectivity index (χ0) is 16.7. The van der Waals surface area contributed by atoms with E-state index < -0.39 is 5.97 Å². The van der Waals surface area contributed by atoms with Crippen molar-refractivity contribution in [1.82, 2.24) is 10.3 Å². The van der Waals surface area contributed by atoms with Gasteiger partial charge in [-0.25, -0.2) is 9.78 Å². The fourth-order valence-corrected chi connectivity index (χ4v) is 4.54. The van der Waals surface area contributed by atoms with Crippen LogP contribution in [0, 0.1) is 0 Å². The first kappa shape index (κ1) is 15.9. The topological polar surface area (TPSA) is 71.5 Å². The molecule has 2 N–H and O–H groups in total. The molecule has 1 unspecified atom stereocenters. The molecule has 5 nitrogen and oxygen atoms in total. The van der Waals surface area contributed by atoms with Crippen LogP contribution >= 0.6 is 22.9 Å². The molecule has 1 saturated carbocycles. The Labute approximate surface area is 148 Å². The molecule has 1 aliphatic carbocycles. The second-order valence-electron chi connectivity index (χ2n) is 6.14. The fourth-order valence-electron chi connectivity index (χ4n) is 2.99. The summed E-state index contributed by atoms with van der Waals surface area (Å²) in [6.45, 7) is 0.459. The number of ether oxygens (including phenoxy) is 1. The monoisotopic (exact) mass is 364 g/mol. The van der Waals surface area contributed by atoms with Gasteiger partial charge in [0.25, 0.3) is 0 Å². The number of aliphatic carboxylic acids is 1. The number of aromatic nitrogens is 1. The molecule has 24 heavy (non-hydrogen) atoms. The molecule has 0 spiro atoms. The number of carboxylic acid groups (broad SMARTS) is 1. The molecule has 7 heteroatoms. The third-order valence-corrected chi connectivity index (χ3v) is 5.84. The molecule has 0 bridgehead atoms. The van der Waals surface area contributed by atoms with Crippen molar-refractivity contribution < 1.29 is 14.6 Å². The predicted molar refractivity (Wildman–Crippen MR) is 92.2 cm³/mol. The number of nitrogens with zero attached hydrogens (tertiary/aromatic N) is 1. The Morgan fingerprint density at radius 1 is 1.46 bits per heavy atom. The van der Waals surface area contributed by atoms with Crippen molar-refractivity contribution in [3.63, 3.8) is 0 Å². The minimum absolute atomic E-state index is 0.0544. The number of hydrogen-bond acceptors (Lipinski definition) is 5. The molecule has 2 aromatic rings. The Morgan fingerprint density at radius 2 is 2.29 bits per heavy atom. The largest absolute Gasteiger partial charge is 0.482 e. The molecule has 2 heterocycles. The number of rotatable bonds is 5. The van der Waals surface area contributed by atoms with E-state index in [1.807, 2.05) is 6.07 Å². The summed E-state index contributed by atoms with van der Waals surface area (Å²) in [7, 11) is 0. The van der Waals surface area contributed by atoms with Crippen LogP contribution in [0.25, 0.3) is 0 Å². The van der Waals surface area contributed by atoms with E-state index in [2.05, 4.69) is 5.32 Å². The second-order valence-corrected chi connectivity index (χ2v) is 7.64. The van der Waals surface area contributed by atoms with Crippen LogP contribution in [0.4, 0.5) is 0 Å². The zero-order valence-electron chi connectivity index (χ0n) is 12.9. The number of thiazole rings is 1. The van der Waals surface area contributed by atoms with Crippen molar-refractivity contribution in [2.45, 2.75) is 31.2 Å². The van der Waals surface area contributed by atoms with Crippen LogP contribution in [0.3, 0.4) is 0 Å². The first-order valence-electron chi connectivity index (χ1n) is 7.98. The molecule has 1 fully saturated rings. The highest BCUT2D eigenvalue weighted by atomic mass is 35.5. The summed E-state index contributed by atoms with van der Waals surface area (Å²) in [6, 6.07) is 5.25. The van der Waals surface area contributed by atoms with Crippen LogP contribution in [-0.4, -0.2) is 29.2 Å². The maximum Gasteiger partial charge on any atom is 0.341 e.